The van der Waals surface area contributed by atoms with E-state index in [1.54, 1.807) is 11.8 Å². The van der Waals surface area contributed by atoms with Crippen LogP contribution >= 0.6 is 11.8 Å². The number of thioether (sulfide) groups is 1. The Morgan fingerprint density at radius 2 is 2.31 bits per heavy atom. The summed E-state index contributed by atoms with van der Waals surface area (Å²) in [6.45, 7) is 2.02. The monoisotopic (exact) mass is 230 g/mol. The second-order valence-corrected chi connectivity index (χ2v) is 4.11. The van der Waals surface area contributed by atoms with Crippen molar-refractivity contribution >= 4 is 17.4 Å². The third-order valence-corrected chi connectivity index (χ3v) is 3.08. The van der Waals surface area contributed by atoms with Gasteiger partial charge < -0.3 is 5.32 Å². The Hall–Kier alpha value is -1.58. The molecule has 1 unspecified atom stereocenters. The Kier molecular flexibility index (Phi) is 4.76. The standard InChI is InChI=1S/C13H14N2S/c1-4-10(5-2)15-12-7-6-8-13(16-3)11(12)9-14/h1,6-8,10,15H,5H2,2-3H3. The lowest BCUT2D eigenvalue weighted by atomic mass is 10.1. The molecule has 0 radical (unpaired) electrons. The van der Waals surface area contributed by atoms with Gasteiger partial charge in [0.15, 0.2) is 0 Å². The number of anilines is 1. The average molecular weight is 230 g/mol. The summed E-state index contributed by atoms with van der Waals surface area (Å²) < 4.78 is 0. The number of nitriles is 1. The summed E-state index contributed by atoms with van der Waals surface area (Å²) in [5, 5.41) is 12.3. The topological polar surface area (TPSA) is 35.8 Å². The molecule has 0 saturated carbocycles. The third kappa shape index (κ3) is 2.72. The van der Waals surface area contributed by atoms with Gasteiger partial charge in [0.05, 0.1) is 17.3 Å². The van der Waals surface area contributed by atoms with Crippen molar-refractivity contribution < 1.29 is 0 Å². The first-order valence-corrected chi connectivity index (χ1v) is 6.29. The van der Waals surface area contributed by atoms with E-state index in [4.69, 9.17) is 11.7 Å². The van der Waals surface area contributed by atoms with Crippen molar-refractivity contribution in [1.29, 1.82) is 5.26 Å². The van der Waals surface area contributed by atoms with Crippen LogP contribution in [-0.4, -0.2) is 12.3 Å². The largest absolute Gasteiger partial charge is 0.370 e. The van der Waals surface area contributed by atoms with E-state index in [1.807, 2.05) is 31.4 Å². The van der Waals surface area contributed by atoms with Gasteiger partial charge in [-0.25, -0.2) is 0 Å². The highest BCUT2D eigenvalue weighted by atomic mass is 32.2. The minimum atomic E-state index is -0.0239. The van der Waals surface area contributed by atoms with Crippen LogP contribution in [-0.2, 0) is 0 Å². The normalized spacial score (nSPS) is 11.2. The number of rotatable bonds is 4. The average Bonchev–Trinajstić information content (AvgIpc) is 2.35. The molecule has 1 aromatic carbocycles. The van der Waals surface area contributed by atoms with Gasteiger partial charge in [0.1, 0.15) is 6.07 Å². The molecule has 1 N–H and O–H groups in total. The molecular formula is C13H14N2S. The van der Waals surface area contributed by atoms with Crippen molar-refractivity contribution in [3.63, 3.8) is 0 Å². The maximum Gasteiger partial charge on any atom is 0.102 e. The highest BCUT2D eigenvalue weighted by molar-refractivity contribution is 7.98. The first kappa shape index (κ1) is 12.5. The molecule has 3 heteroatoms. The molecule has 1 aromatic rings. The van der Waals surface area contributed by atoms with Gasteiger partial charge in [-0.3, -0.25) is 0 Å². The first-order chi connectivity index (χ1) is 7.76. The van der Waals surface area contributed by atoms with E-state index in [0.29, 0.717) is 5.56 Å². The summed E-state index contributed by atoms with van der Waals surface area (Å²) in [6.07, 6.45) is 8.19. The molecule has 0 bridgehead atoms. The van der Waals surface area contributed by atoms with Gasteiger partial charge in [0.25, 0.3) is 0 Å². The van der Waals surface area contributed by atoms with Gasteiger partial charge in [-0.15, -0.1) is 18.2 Å². The number of terminal acetylenes is 1. The van der Waals surface area contributed by atoms with E-state index in [0.717, 1.165) is 17.0 Å². The Morgan fingerprint density at radius 3 is 2.81 bits per heavy atom. The van der Waals surface area contributed by atoms with Crippen LogP contribution in [0.2, 0.25) is 0 Å². The molecule has 0 aliphatic carbocycles. The summed E-state index contributed by atoms with van der Waals surface area (Å²) in [5.74, 6) is 2.66. The van der Waals surface area contributed by atoms with Crippen LogP contribution in [0.25, 0.3) is 0 Å². The Balaban J connectivity index is 3.06. The van der Waals surface area contributed by atoms with Crippen LogP contribution in [0, 0.1) is 23.7 Å². The second-order valence-electron chi connectivity index (χ2n) is 3.27. The van der Waals surface area contributed by atoms with Crippen LogP contribution in [0.1, 0.15) is 18.9 Å². The maximum atomic E-state index is 9.13. The van der Waals surface area contributed by atoms with Gasteiger partial charge >= 0.3 is 0 Å². The molecule has 0 fully saturated rings. The maximum absolute atomic E-state index is 9.13. The zero-order chi connectivity index (χ0) is 12.0. The van der Waals surface area contributed by atoms with Crippen LogP contribution < -0.4 is 5.32 Å². The number of hydrogen-bond acceptors (Lipinski definition) is 3. The van der Waals surface area contributed by atoms with Crippen molar-refractivity contribution in [2.24, 2.45) is 0 Å². The summed E-state index contributed by atoms with van der Waals surface area (Å²) in [6, 6.07) is 7.94. The number of hydrogen-bond donors (Lipinski definition) is 1. The lowest BCUT2D eigenvalue weighted by molar-refractivity contribution is 0.856. The molecule has 1 atom stereocenters. The Morgan fingerprint density at radius 1 is 1.56 bits per heavy atom. The zero-order valence-corrected chi connectivity index (χ0v) is 10.3. The predicted molar refractivity (Wildman–Crippen MR) is 69.5 cm³/mol. The lowest BCUT2D eigenvalue weighted by Crippen LogP contribution is -2.16. The van der Waals surface area contributed by atoms with E-state index in [2.05, 4.69) is 17.3 Å². The van der Waals surface area contributed by atoms with Crippen molar-refractivity contribution in [2.45, 2.75) is 24.3 Å². The molecule has 82 valence electrons. The fourth-order valence-corrected chi connectivity index (χ4v) is 1.96. The van der Waals surface area contributed by atoms with Gasteiger partial charge in [-0.05, 0) is 24.8 Å². The molecule has 1 rings (SSSR count). The molecule has 0 spiro atoms. The van der Waals surface area contributed by atoms with E-state index in [-0.39, 0.29) is 6.04 Å². The van der Waals surface area contributed by atoms with Gasteiger partial charge in [0, 0.05) is 4.90 Å². The molecule has 0 aliphatic heterocycles. The fourth-order valence-electron chi connectivity index (χ4n) is 1.39. The molecular weight excluding hydrogens is 216 g/mol. The van der Waals surface area contributed by atoms with E-state index in [9.17, 15) is 0 Å². The summed E-state index contributed by atoms with van der Waals surface area (Å²) in [5.41, 5.74) is 1.49. The first-order valence-electron chi connectivity index (χ1n) is 5.06. The van der Waals surface area contributed by atoms with E-state index >= 15 is 0 Å². The quantitative estimate of drug-likeness (QED) is 0.637. The SMILES string of the molecule is C#CC(CC)Nc1cccc(SC)c1C#N. The summed E-state index contributed by atoms with van der Waals surface area (Å²) >= 11 is 1.56. The van der Waals surface area contributed by atoms with E-state index in [1.165, 1.54) is 0 Å². The Bertz CT molecular complexity index is 440. The summed E-state index contributed by atoms with van der Waals surface area (Å²) in [4.78, 5) is 0.972. The van der Waals surface area contributed by atoms with Crippen molar-refractivity contribution in [3.8, 4) is 18.4 Å². The zero-order valence-electron chi connectivity index (χ0n) is 9.45. The Labute approximate surface area is 101 Å². The van der Waals surface area contributed by atoms with Crippen LogP contribution in [0.15, 0.2) is 23.1 Å². The number of nitrogens with one attached hydrogen (secondary N) is 1. The van der Waals surface area contributed by atoms with Crippen LogP contribution in [0.5, 0.6) is 0 Å². The van der Waals surface area contributed by atoms with Crippen molar-refractivity contribution in [3.05, 3.63) is 23.8 Å². The molecule has 2 nitrogen and oxygen atoms in total. The van der Waals surface area contributed by atoms with Crippen molar-refractivity contribution in [1.82, 2.24) is 0 Å². The number of nitrogens with zero attached hydrogens (tertiary/aromatic N) is 1. The van der Waals surface area contributed by atoms with Gasteiger partial charge in [0.2, 0.25) is 0 Å². The highest BCUT2D eigenvalue weighted by Crippen LogP contribution is 2.26. The minimum Gasteiger partial charge on any atom is -0.370 e. The predicted octanol–water partition coefficient (Wildman–Crippen LogP) is 3.10. The minimum absolute atomic E-state index is 0.0239. The van der Waals surface area contributed by atoms with Crippen LogP contribution in [0.3, 0.4) is 0 Å². The van der Waals surface area contributed by atoms with Crippen LogP contribution in [0.4, 0.5) is 5.69 Å². The molecule has 16 heavy (non-hydrogen) atoms. The molecule has 0 heterocycles. The third-order valence-electron chi connectivity index (χ3n) is 2.30. The van der Waals surface area contributed by atoms with E-state index < -0.39 is 0 Å². The van der Waals surface area contributed by atoms with Gasteiger partial charge in [-0.1, -0.05) is 18.9 Å². The molecule has 0 amide bonds. The second kappa shape index (κ2) is 6.10. The molecule has 0 saturated heterocycles. The smallest absolute Gasteiger partial charge is 0.102 e. The molecule has 0 aromatic heterocycles. The van der Waals surface area contributed by atoms with Gasteiger partial charge in [-0.2, -0.15) is 5.26 Å². The lowest BCUT2D eigenvalue weighted by Gasteiger charge is -2.14. The molecule has 0 aliphatic rings. The summed E-state index contributed by atoms with van der Waals surface area (Å²) in [7, 11) is 0. The fraction of sp³-hybridized carbons (Fsp3) is 0.308. The highest BCUT2D eigenvalue weighted by Gasteiger charge is 2.09. The number of benzene rings is 1. The van der Waals surface area contributed by atoms with Crippen molar-refractivity contribution in [2.75, 3.05) is 11.6 Å².